The number of hydrogen-bond acceptors (Lipinski definition) is 6. The van der Waals surface area contributed by atoms with Crippen molar-refractivity contribution >= 4 is 11.8 Å². The molecule has 6 nitrogen and oxygen atoms in total. The summed E-state index contributed by atoms with van der Waals surface area (Å²) in [6.45, 7) is 4.32. The summed E-state index contributed by atoms with van der Waals surface area (Å²) in [5.74, 6) is 1.63. The van der Waals surface area contributed by atoms with Crippen LogP contribution in [0.2, 0.25) is 0 Å². The Hall–Kier alpha value is -2.60. The van der Waals surface area contributed by atoms with Gasteiger partial charge < -0.3 is 13.9 Å². The fourth-order valence-corrected chi connectivity index (χ4v) is 6.93. The van der Waals surface area contributed by atoms with Gasteiger partial charge in [0.25, 0.3) is 0 Å². The van der Waals surface area contributed by atoms with E-state index in [0.717, 1.165) is 23.5 Å². The van der Waals surface area contributed by atoms with Crippen molar-refractivity contribution in [2.45, 2.75) is 64.0 Å². The molecule has 7 rings (SSSR count). The zero-order chi connectivity index (χ0) is 23.3. The first-order valence-corrected chi connectivity index (χ1v) is 12.1. The highest BCUT2D eigenvalue weighted by atomic mass is 16.5. The molecule has 4 unspecified atom stereocenters. The van der Waals surface area contributed by atoms with Crippen molar-refractivity contribution in [3.63, 3.8) is 0 Å². The summed E-state index contributed by atoms with van der Waals surface area (Å²) in [5.41, 5.74) is 2.70. The molecule has 1 aromatic carbocycles. The summed E-state index contributed by atoms with van der Waals surface area (Å²) in [5, 5.41) is 0. The van der Waals surface area contributed by atoms with Crippen LogP contribution in [-0.2, 0) is 33.6 Å². The quantitative estimate of drug-likeness (QED) is 0.469. The van der Waals surface area contributed by atoms with Gasteiger partial charge in [-0.3, -0.25) is 14.5 Å². The Balaban J connectivity index is 1.63. The molecule has 5 atom stereocenters. The van der Waals surface area contributed by atoms with Crippen LogP contribution in [0.15, 0.2) is 34.9 Å². The predicted octanol–water partition coefficient (Wildman–Crippen LogP) is 3.94. The van der Waals surface area contributed by atoms with Crippen molar-refractivity contribution in [2.75, 3.05) is 20.8 Å². The molecule has 1 aromatic heterocycles. The molecule has 6 heteroatoms. The molecule has 3 aliphatic heterocycles. The van der Waals surface area contributed by atoms with Crippen LogP contribution in [0.4, 0.5) is 0 Å². The number of aryl methyl sites for hydroxylation is 1. The standard InChI is InChI=1S/C27H33NO5/c1-5-32-26(30)27(24(29)11-9-18-7-6-12-33-18)15-20-16(2)25-17-8-10-22(31-4)19(25)14-23(27)28(3)21(20)13-17/h6-8,10,12,16,20-21,23H,5,9,11,13-15H2,1-4H3/t16-,20?,21?,23?,27?/m0/s1. The maximum atomic E-state index is 14.0. The summed E-state index contributed by atoms with van der Waals surface area (Å²) in [7, 11) is 3.79. The van der Waals surface area contributed by atoms with Crippen LogP contribution >= 0.6 is 0 Å². The number of Topliss-reactive ketones (excluding diaryl/α,β-unsaturated/α-hetero) is 1. The zero-order valence-corrected chi connectivity index (χ0v) is 19.9. The van der Waals surface area contributed by atoms with E-state index in [1.807, 2.05) is 25.1 Å². The van der Waals surface area contributed by atoms with Gasteiger partial charge in [0.05, 0.1) is 20.0 Å². The van der Waals surface area contributed by atoms with E-state index in [-0.39, 0.29) is 42.7 Å². The van der Waals surface area contributed by atoms with Crippen LogP contribution in [-0.4, -0.2) is 49.5 Å². The molecule has 0 radical (unpaired) electrons. The highest BCUT2D eigenvalue weighted by molar-refractivity contribution is 6.05. The second-order valence-corrected chi connectivity index (χ2v) is 9.83. The lowest BCUT2D eigenvalue weighted by Crippen LogP contribution is -2.68. The molecular formula is C27H33NO5. The fourth-order valence-electron chi connectivity index (χ4n) is 6.93. The molecule has 0 N–H and O–H groups in total. The number of hydrogen-bond donors (Lipinski definition) is 0. The minimum atomic E-state index is -1.19. The highest BCUT2D eigenvalue weighted by Crippen LogP contribution is 2.56. The number of fused-ring (bicyclic) bond motifs is 1. The van der Waals surface area contributed by atoms with Gasteiger partial charge >= 0.3 is 5.97 Å². The van der Waals surface area contributed by atoms with Gasteiger partial charge in [-0.25, -0.2) is 0 Å². The lowest BCUT2D eigenvalue weighted by atomic mass is 9.54. The molecule has 1 saturated heterocycles. The highest BCUT2D eigenvalue weighted by Gasteiger charge is 2.62. The molecule has 176 valence electrons. The van der Waals surface area contributed by atoms with Crippen LogP contribution in [0, 0.1) is 11.3 Å². The lowest BCUT2D eigenvalue weighted by Gasteiger charge is -2.58. The molecular weight excluding hydrogens is 418 g/mol. The summed E-state index contributed by atoms with van der Waals surface area (Å²) in [4.78, 5) is 30.0. The Bertz CT molecular complexity index is 1060. The maximum absolute atomic E-state index is 14.0. The first-order chi connectivity index (χ1) is 15.9. The molecule has 5 aliphatic rings. The number of ether oxygens (including phenoxy) is 2. The second-order valence-electron chi connectivity index (χ2n) is 9.83. The number of carbonyl (C=O) groups excluding carboxylic acids is 2. The number of benzene rings is 1. The Kier molecular flexibility index (Phi) is 5.60. The van der Waals surface area contributed by atoms with Crippen molar-refractivity contribution in [2.24, 2.45) is 11.3 Å². The third-order valence-electron chi connectivity index (χ3n) is 8.50. The molecule has 0 spiro atoms. The average molecular weight is 452 g/mol. The number of furan rings is 1. The number of rotatable bonds is 7. The monoisotopic (exact) mass is 451 g/mol. The van der Waals surface area contributed by atoms with Crippen LogP contribution in [0.25, 0.3) is 0 Å². The molecule has 4 heterocycles. The van der Waals surface area contributed by atoms with E-state index in [9.17, 15) is 9.59 Å². The van der Waals surface area contributed by atoms with E-state index in [0.29, 0.717) is 25.3 Å². The number of piperidine rings is 1. The van der Waals surface area contributed by atoms with Crippen molar-refractivity contribution < 1.29 is 23.5 Å². The van der Waals surface area contributed by atoms with Crippen molar-refractivity contribution in [3.8, 4) is 5.75 Å². The summed E-state index contributed by atoms with van der Waals surface area (Å²) < 4.78 is 16.9. The predicted molar refractivity (Wildman–Crippen MR) is 123 cm³/mol. The van der Waals surface area contributed by atoms with E-state index in [1.54, 1.807) is 13.4 Å². The topological polar surface area (TPSA) is 69.0 Å². The smallest absolute Gasteiger partial charge is 0.321 e. The van der Waals surface area contributed by atoms with E-state index in [1.165, 1.54) is 11.1 Å². The van der Waals surface area contributed by atoms with Gasteiger partial charge in [0.15, 0.2) is 5.78 Å². The number of ketones is 1. The fraction of sp³-hybridized carbons (Fsp3) is 0.556. The minimum absolute atomic E-state index is 0.0380. The summed E-state index contributed by atoms with van der Waals surface area (Å²) in [6, 6.07) is 7.98. The SMILES string of the molecule is CCOC(=O)C1(C(=O)CCc2ccco2)CC2C3Cc4ccc(OC)c(c4[C@H]2C)CC1N3C. The van der Waals surface area contributed by atoms with Gasteiger partial charge in [-0.15, -0.1) is 0 Å². The third kappa shape index (κ3) is 3.25. The Morgan fingerprint density at radius 2 is 2.06 bits per heavy atom. The normalized spacial score (nSPS) is 30.1. The van der Waals surface area contributed by atoms with Crippen molar-refractivity contribution in [1.82, 2.24) is 4.90 Å². The number of esters is 1. The summed E-state index contributed by atoms with van der Waals surface area (Å²) >= 11 is 0. The molecule has 2 aliphatic carbocycles. The summed E-state index contributed by atoms with van der Waals surface area (Å²) in [6.07, 6.45) is 4.43. The van der Waals surface area contributed by atoms with Gasteiger partial charge in [-0.1, -0.05) is 13.0 Å². The van der Waals surface area contributed by atoms with E-state index < -0.39 is 5.41 Å². The number of nitrogens with zero attached hydrogens (tertiary/aromatic N) is 1. The lowest BCUT2D eigenvalue weighted by molar-refractivity contribution is -0.175. The van der Waals surface area contributed by atoms with Gasteiger partial charge in [0.2, 0.25) is 0 Å². The molecule has 33 heavy (non-hydrogen) atoms. The first kappa shape index (κ1) is 22.2. The van der Waals surface area contributed by atoms with Crippen molar-refractivity contribution in [3.05, 3.63) is 53.0 Å². The Morgan fingerprint density at radius 1 is 1.24 bits per heavy atom. The second kappa shape index (κ2) is 8.32. The van der Waals surface area contributed by atoms with Crippen molar-refractivity contribution in [1.29, 1.82) is 0 Å². The Labute approximate surface area is 195 Å². The van der Waals surface area contributed by atoms with Gasteiger partial charge in [0.1, 0.15) is 16.9 Å². The molecule has 0 saturated carbocycles. The maximum Gasteiger partial charge on any atom is 0.321 e. The number of methoxy groups -OCH3 is 1. The van der Waals surface area contributed by atoms with E-state index in [2.05, 4.69) is 24.9 Å². The number of likely N-dealkylation sites (N-methyl/N-ethyl adjacent to an activating group) is 1. The molecule has 6 bridgehead atoms. The van der Waals surface area contributed by atoms with Gasteiger partial charge in [-0.2, -0.15) is 0 Å². The van der Waals surface area contributed by atoms with Gasteiger partial charge in [0, 0.05) is 24.9 Å². The van der Waals surface area contributed by atoms with E-state index >= 15 is 0 Å². The van der Waals surface area contributed by atoms with Crippen LogP contribution in [0.1, 0.15) is 55.1 Å². The average Bonchev–Trinajstić information content (AvgIpc) is 3.32. The minimum Gasteiger partial charge on any atom is -0.496 e. The largest absolute Gasteiger partial charge is 0.496 e. The zero-order valence-electron chi connectivity index (χ0n) is 19.9. The molecule has 0 amide bonds. The number of carbonyl (C=O) groups is 2. The molecule has 1 fully saturated rings. The van der Waals surface area contributed by atoms with Crippen LogP contribution in [0.5, 0.6) is 5.75 Å². The van der Waals surface area contributed by atoms with Crippen LogP contribution in [0.3, 0.4) is 0 Å². The van der Waals surface area contributed by atoms with Crippen LogP contribution < -0.4 is 4.74 Å². The third-order valence-corrected chi connectivity index (χ3v) is 8.50. The van der Waals surface area contributed by atoms with Gasteiger partial charge in [-0.05, 0) is 80.0 Å². The first-order valence-electron chi connectivity index (χ1n) is 12.1. The molecule has 2 aromatic rings. The Morgan fingerprint density at radius 3 is 2.76 bits per heavy atom. The van der Waals surface area contributed by atoms with E-state index in [4.69, 9.17) is 13.9 Å².